The number of alkyl halides is 2. The number of piperazine rings is 1. The first-order valence-corrected chi connectivity index (χ1v) is 13.6. The summed E-state index contributed by atoms with van der Waals surface area (Å²) in [6.07, 6.45) is 0.460. The van der Waals surface area contributed by atoms with Crippen LogP contribution in [0.15, 0.2) is 41.3 Å². The van der Waals surface area contributed by atoms with Crippen LogP contribution < -0.4 is 9.80 Å². The van der Waals surface area contributed by atoms with Crippen molar-refractivity contribution >= 4 is 50.3 Å². The topological polar surface area (TPSA) is 60.9 Å². The second kappa shape index (κ2) is 9.51. The summed E-state index contributed by atoms with van der Waals surface area (Å²) in [7, 11) is -3.55. The van der Waals surface area contributed by atoms with E-state index in [-0.39, 0.29) is 42.3 Å². The average molecular weight is 532 g/mol. The first kappa shape index (κ1) is 25.0. The number of hydrogen-bond donors (Lipinski definition) is 0. The van der Waals surface area contributed by atoms with Crippen LogP contribution in [0.4, 0.5) is 20.2 Å². The SMILES string of the molecule is CS(=O)(=O)c1ccc(N2CCC(F)(F)CC2)c(C(=O)N2CCN(c3ccc(Cl)c(Cl)c3)CC2)c1. The predicted molar refractivity (Wildman–Crippen MR) is 131 cm³/mol. The molecule has 4 rings (SSSR count). The van der Waals surface area contributed by atoms with E-state index in [1.54, 1.807) is 28.0 Å². The maximum Gasteiger partial charge on any atom is 0.256 e. The molecule has 2 aromatic carbocycles. The number of halogens is 4. The molecule has 0 spiro atoms. The molecule has 2 fully saturated rings. The summed E-state index contributed by atoms with van der Waals surface area (Å²) in [5.74, 6) is -3.04. The van der Waals surface area contributed by atoms with Gasteiger partial charge in [-0.2, -0.15) is 0 Å². The lowest BCUT2D eigenvalue weighted by molar-refractivity contribution is -0.0220. The van der Waals surface area contributed by atoms with Crippen molar-refractivity contribution in [1.29, 1.82) is 0 Å². The van der Waals surface area contributed by atoms with Gasteiger partial charge >= 0.3 is 0 Å². The van der Waals surface area contributed by atoms with Crippen LogP contribution in [0.5, 0.6) is 0 Å². The van der Waals surface area contributed by atoms with Gasteiger partial charge in [0, 0.05) is 69.7 Å². The molecule has 184 valence electrons. The summed E-state index contributed by atoms with van der Waals surface area (Å²) in [6.45, 7) is 2.13. The summed E-state index contributed by atoms with van der Waals surface area (Å²) in [5.41, 5.74) is 1.60. The van der Waals surface area contributed by atoms with E-state index >= 15 is 0 Å². The van der Waals surface area contributed by atoms with E-state index in [9.17, 15) is 22.0 Å². The van der Waals surface area contributed by atoms with Crippen molar-refractivity contribution in [2.24, 2.45) is 0 Å². The Morgan fingerprint density at radius 3 is 2.12 bits per heavy atom. The van der Waals surface area contributed by atoms with Crippen LogP contribution in [0.1, 0.15) is 23.2 Å². The molecule has 0 saturated carbocycles. The number of carbonyl (C=O) groups excluding carboxylic acids is 1. The largest absolute Gasteiger partial charge is 0.370 e. The first-order valence-electron chi connectivity index (χ1n) is 10.9. The number of anilines is 2. The third-order valence-corrected chi connectivity index (χ3v) is 8.15. The quantitative estimate of drug-likeness (QED) is 0.577. The molecule has 34 heavy (non-hydrogen) atoms. The molecule has 6 nitrogen and oxygen atoms in total. The molecule has 0 radical (unpaired) electrons. The lowest BCUT2D eigenvalue weighted by atomic mass is 10.0. The number of piperidine rings is 1. The number of benzene rings is 2. The van der Waals surface area contributed by atoms with Gasteiger partial charge in [-0.05, 0) is 36.4 Å². The number of hydrogen-bond acceptors (Lipinski definition) is 5. The third-order valence-electron chi connectivity index (χ3n) is 6.30. The molecule has 0 aromatic heterocycles. The molecular weight excluding hydrogens is 507 g/mol. The average Bonchev–Trinajstić information content (AvgIpc) is 2.80. The van der Waals surface area contributed by atoms with Gasteiger partial charge in [0.2, 0.25) is 0 Å². The van der Waals surface area contributed by atoms with E-state index in [1.165, 1.54) is 12.1 Å². The highest BCUT2D eigenvalue weighted by Gasteiger charge is 2.36. The van der Waals surface area contributed by atoms with Crippen molar-refractivity contribution < 1.29 is 22.0 Å². The van der Waals surface area contributed by atoms with Crippen molar-refractivity contribution in [2.45, 2.75) is 23.7 Å². The Morgan fingerprint density at radius 1 is 0.882 bits per heavy atom. The van der Waals surface area contributed by atoms with Gasteiger partial charge in [-0.15, -0.1) is 0 Å². The summed E-state index contributed by atoms with van der Waals surface area (Å²) in [5, 5.41) is 0.917. The number of carbonyl (C=O) groups is 1. The Hall–Kier alpha value is -2.10. The van der Waals surface area contributed by atoms with Crippen LogP contribution in [0.3, 0.4) is 0 Å². The molecule has 2 heterocycles. The zero-order chi connectivity index (χ0) is 24.7. The highest BCUT2D eigenvalue weighted by Crippen LogP contribution is 2.34. The fraction of sp³-hybridized carbons (Fsp3) is 0.435. The fourth-order valence-corrected chi connectivity index (χ4v) is 5.23. The van der Waals surface area contributed by atoms with Crippen molar-refractivity contribution in [1.82, 2.24) is 4.90 Å². The van der Waals surface area contributed by atoms with Gasteiger partial charge in [-0.3, -0.25) is 4.79 Å². The van der Waals surface area contributed by atoms with Gasteiger partial charge in [-0.1, -0.05) is 23.2 Å². The molecule has 0 N–H and O–H groups in total. The molecule has 0 atom stereocenters. The van der Waals surface area contributed by atoms with E-state index < -0.39 is 15.8 Å². The molecule has 11 heteroatoms. The van der Waals surface area contributed by atoms with Crippen LogP contribution in [-0.4, -0.2) is 70.7 Å². The molecule has 1 amide bonds. The van der Waals surface area contributed by atoms with E-state index in [4.69, 9.17) is 23.2 Å². The Kier molecular flexibility index (Phi) is 6.99. The Morgan fingerprint density at radius 2 is 1.53 bits per heavy atom. The summed E-state index contributed by atoms with van der Waals surface area (Å²) in [6, 6.07) is 9.72. The van der Waals surface area contributed by atoms with E-state index in [2.05, 4.69) is 4.90 Å². The molecule has 2 aliphatic heterocycles. The number of sulfone groups is 1. The van der Waals surface area contributed by atoms with Gasteiger partial charge < -0.3 is 14.7 Å². The number of rotatable bonds is 4. The summed E-state index contributed by atoms with van der Waals surface area (Å²) < 4.78 is 51.7. The van der Waals surface area contributed by atoms with Crippen LogP contribution in [0.25, 0.3) is 0 Å². The highest BCUT2D eigenvalue weighted by atomic mass is 35.5. The lowest BCUT2D eigenvalue weighted by Crippen LogP contribution is -2.49. The number of amides is 1. The van der Waals surface area contributed by atoms with Crippen LogP contribution in [0, 0.1) is 0 Å². The molecule has 2 aliphatic rings. The first-order chi connectivity index (χ1) is 15.9. The van der Waals surface area contributed by atoms with Crippen LogP contribution in [-0.2, 0) is 9.84 Å². The van der Waals surface area contributed by atoms with Gasteiger partial charge in [0.1, 0.15) is 0 Å². The highest BCUT2D eigenvalue weighted by molar-refractivity contribution is 7.90. The molecule has 2 aromatic rings. The van der Waals surface area contributed by atoms with E-state index in [1.807, 2.05) is 6.07 Å². The Labute approximate surface area is 207 Å². The normalized spacial score (nSPS) is 18.8. The van der Waals surface area contributed by atoms with Crippen molar-refractivity contribution in [2.75, 3.05) is 55.3 Å². The molecule has 0 aliphatic carbocycles. The molecule has 2 saturated heterocycles. The maximum absolute atomic E-state index is 13.7. The van der Waals surface area contributed by atoms with E-state index in [0.29, 0.717) is 41.9 Å². The van der Waals surface area contributed by atoms with E-state index in [0.717, 1.165) is 11.9 Å². The van der Waals surface area contributed by atoms with Crippen LogP contribution >= 0.6 is 23.2 Å². The van der Waals surface area contributed by atoms with Gasteiger partial charge in [-0.25, -0.2) is 17.2 Å². The smallest absolute Gasteiger partial charge is 0.256 e. The minimum atomic E-state index is -3.55. The van der Waals surface area contributed by atoms with Gasteiger partial charge in [0.05, 0.1) is 20.5 Å². The standard InChI is InChI=1S/C23H25Cl2F2N3O3S/c1-34(32,33)17-3-5-21(29-8-6-23(26,27)7-9-29)18(15-17)22(31)30-12-10-28(11-13-30)16-2-4-19(24)20(25)14-16/h2-5,14-15H,6-13H2,1H3. The fourth-order valence-electron chi connectivity index (χ4n) is 4.29. The summed E-state index contributed by atoms with van der Waals surface area (Å²) in [4.78, 5) is 19.0. The zero-order valence-corrected chi connectivity index (χ0v) is 20.9. The molecule has 0 unspecified atom stereocenters. The minimum absolute atomic E-state index is 0.0244. The maximum atomic E-state index is 13.7. The third kappa shape index (κ3) is 5.42. The second-order valence-electron chi connectivity index (χ2n) is 8.67. The second-order valence-corrected chi connectivity index (χ2v) is 11.5. The molecular formula is C23H25Cl2F2N3O3S. The Bertz CT molecular complexity index is 1190. The Balaban J connectivity index is 1.56. The summed E-state index contributed by atoms with van der Waals surface area (Å²) >= 11 is 12.1. The molecule has 0 bridgehead atoms. The van der Waals surface area contributed by atoms with Crippen LogP contribution in [0.2, 0.25) is 10.0 Å². The van der Waals surface area contributed by atoms with Crippen molar-refractivity contribution in [3.63, 3.8) is 0 Å². The monoisotopic (exact) mass is 531 g/mol. The van der Waals surface area contributed by atoms with Gasteiger partial charge in [0.15, 0.2) is 9.84 Å². The minimum Gasteiger partial charge on any atom is -0.370 e. The zero-order valence-electron chi connectivity index (χ0n) is 18.6. The number of nitrogens with zero attached hydrogens (tertiary/aromatic N) is 3. The lowest BCUT2D eigenvalue weighted by Gasteiger charge is -2.38. The van der Waals surface area contributed by atoms with Crippen molar-refractivity contribution in [3.05, 3.63) is 52.0 Å². The predicted octanol–water partition coefficient (Wildman–Crippen LogP) is 4.59. The van der Waals surface area contributed by atoms with Gasteiger partial charge in [0.25, 0.3) is 11.8 Å². The van der Waals surface area contributed by atoms with Crippen molar-refractivity contribution in [3.8, 4) is 0 Å².